The number of rotatable bonds is 4. The third-order valence-corrected chi connectivity index (χ3v) is 2.71. The van der Waals surface area contributed by atoms with E-state index in [4.69, 9.17) is 10.2 Å². The van der Waals surface area contributed by atoms with Gasteiger partial charge < -0.3 is 10.2 Å². The van der Waals surface area contributed by atoms with Gasteiger partial charge in [0, 0.05) is 0 Å². The van der Waals surface area contributed by atoms with Crippen molar-refractivity contribution in [1.29, 1.82) is 0 Å². The second-order valence-corrected chi connectivity index (χ2v) is 4.13. The first kappa shape index (κ1) is 12.8. The van der Waals surface area contributed by atoms with E-state index in [1.165, 1.54) is 0 Å². The Hall–Kier alpha value is -2.62. The molecule has 0 unspecified atom stereocenters. The standard InChI is InChI=1S/C15H12O4/c16-14(17)3-1-2-10-4-5-12-9-13(15(18)19)7-6-11(12)8-10/h1-2,4-9H,3H2,(H,16,17)(H,18,19). The maximum Gasteiger partial charge on any atom is 0.335 e. The highest BCUT2D eigenvalue weighted by molar-refractivity contribution is 5.95. The van der Waals surface area contributed by atoms with Crippen LogP contribution >= 0.6 is 0 Å². The number of carboxylic acids is 2. The van der Waals surface area contributed by atoms with E-state index < -0.39 is 11.9 Å². The van der Waals surface area contributed by atoms with Crippen molar-refractivity contribution < 1.29 is 19.8 Å². The van der Waals surface area contributed by atoms with E-state index >= 15 is 0 Å². The second-order valence-electron chi connectivity index (χ2n) is 4.13. The zero-order chi connectivity index (χ0) is 13.8. The summed E-state index contributed by atoms with van der Waals surface area (Å²) in [4.78, 5) is 21.2. The van der Waals surface area contributed by atoms with Gasteiger partial charge in [0.05, 0.1) is 12.0 Å². The van der Waals surface area contributed by atoms with E-state index in [1.807, 2.05) is 18.2 Å². The van der Waals surface area contributed by atoms with Gasteiger partial charge in [-0.2, -0.15) is 0 Å². The molecule has 0 spiro atoms. The van der Waals surface area contributed by atoms with Crippen LogP contribution in [0.3, 0.4) is 0 Å². The van der Waals surface area contributed by atoms with Gasteiger partial charge in [0.2, 0.25) is 0 Å². The highest BCUT2D eigenvalue weighted by Gasteiger charge is 2.03. The van der Waals surface area contributed by atoms with Crippen LogP contribution in [0.5, 0.6) is 0 Å². The van der Waals surface area contributed by atoms with Crippen LogP contribution < -0.4 is 0 Å². The highest BCUT2D eigenvalue weighted by Crippen LogP contribution is 2.19. The third-order valence-electron chi connectivity index (χ3n) is 2.71. The predicted octanol–water partition coefficient (Wildman–Crippen LogP) is 3.03. The summed E-state index contributed by atoms with van der Waals surface area (Å²) in [7, 11) is 0. The summed E-state index contributed by atoms with van der Waals surface area (Å²) in [6, 6.07) is 10.4. The number of benzene rings is 2. The molecule has 2 aromatic carbocycles. The van der Waals surface area contributed by atoms with Crippen molar-refractivity contribution >= 4 is 28.8 Å². The molecule has 4 heteroatoms. The quantitative estimate of drug-likeness (QED) is 0.881. The van der Waals surface area contributed by atoms with Crippen molar-refractivity contribution in [2.45, 2.75) is 6.42 Å². The maximum absolute atomic E-state index is 10.8. The fourth-order valence-corrected chi connectivity index (χ4v) is 1.80. The molecule has 0 amide bonds. The van der Waals surface area contributed by atoms with Gasteiger partial charge in [-0.15, -0.1) is 0 Å². The molecule has 2 rings (SSSR count). The van der Waals surface area contributed by atoms with E-state index in [0.29, 0.717) is 0 Å². The SMILES string of the molecule is O=C(O)CC=Cc1ccc2cc(C(=O)O)ccc2c1. The van der Waals surface area contributed by atoms with Crippen molar-refractivity contribution in [3.8, 4) is 0 Å². The molecule has 19 heavy (non-hydrogen) atoms. The molecule has 0 atom stereocenters. The van der Waals surface area contributed by atoms with Crippen molar-refractivity contribution in [2.75, 3.05) is 0 Å². The number of aliphatic carboxylic acids is 1. The van der Waals surface area contributed by atoms with Gasteiger partial charge >= 0.3 is 11.9 Å². The normalized spacial score (nSPS) is 10.9. The second kappa shape index (κ2) is 5.35. The largest absolute Gasteiger partial charge is 0.481 e. The lowest BCUT2D eigenvalue weighted by Crippen LogP contribution is -1.95. The Bertz CT molecular complexity index is 671. The molecule has 4 nitrogen and oxygen atoms in total. The van der Waals surface area contributed by atoms with E-state index in [0.717, 1.165) is 16.3 Å². The Balaban J connectivity index is 2.31. The first-order chi connectivity index (χ1) is 9.06. The van der Waals surface area contributed by atoms with Gasteiger partial charge in [-0.05, 0) is 34.5 Å². The van der Waals surface area contributed by atoms with Crippen LogP contribution in [0.1, 0.15) is 22.3 Å². The van der Waals surface area contributed by atoms with Crippen molar-refractivity contribution in [2.24, 2.45) is 0 Å². The van der Waals surface area contributed by atoms with Crippen molar-refractivity contribution in [3.63, 3.8) is 0 Å². The molecule has 0 saturated heterocycles. The van der Waals surface area contributed by atoms with Crippen molar-refractivity contribution in [1.82, 2.24) is 0 Å². The lowest BCUT2D eigenvalue weighted by molar-refractivity contribution is -0.135. The first-order valence-corrected chi connectivity index (χ1v) is 5.72. The van der Waals surface area contributed by atoms with Crippen LogP contribution in [-0.2, 0) is 4.79 Å². The van der Waals surface area contributed by atoms with E-state index in [9.17, 15) is 9.59 Å². The Labute approximate surface area is 109 Å². The number of hydrogen-bond acceptors (Lipinski definition) is 2. The summed E-state index contributed by atoms with van der Waals surface area (Å²) >= 11 is 0. The predicted molar refractivity (Wildman–Crippen MR) is 72.2 cm³/mol. The van der Waals surface area contributed by atoms with Crippen LogP contribution in [0.4, 0.5) is 0 Å². The lowest BCUT2D eigenvalue weighted by atomic mass is 10.0. The van der Waals surface area contributed by atoms with Gasteiger partial charge in [-0.3, -0.25) is 4.79 Å². The van der Waals surface area contributed by atoms with Crippen molar-refractivity contribution in [3.05, 3.63) is 53.6 Å². The summed E-state index contributed by atoms with van der Waals surface area (Å²) in [5.74, 6) is -1.82. The molecule has 0 fully saturated rings. The highest BCUT2D eigenvalue weighted by atomic mass is 16.4. The zero-order valence-corrected chi connectivity index (χ0v) is 10.0. The summed E-state index contributed by atoms with van der Waals surface area (Å²) in [5, 5.41) is 19.2. The Morgan fingerprint density at radius 2 is 1.68 bits per heavy atom. The molecule has 0 radical (unpaired) electrons. The topological polar surface area (TPSA) is 74.6 Å². The molecule has 0 saturated carbocycles. The Kier molecular flexibility index (Phi) is 3.61. The molecule has 96 valence electrons. The zero-order valence-electron chi connectivity index (χ0n) is 10.0. The van der Waals surface area contributed by atoms with Crippen LogP contribution in [0.15, 0.2) is 42.5 Å². The number of aromatic carboxylic acids is 1. The lowest BCUT2D eigenvalue weighted by Gasteiger charge is -2.01. The van der Waals surface area contributed by atoms with Gasteiger partial charge in [-0.25, -0.2) is 4.79 Å². The van der Waals surface area contributed by atoms with E-state index in [1.54, 1.807) is 30.4 Å². The minimum absolute atomic E-state index is 0.0179. The average molecular weight is 256 g/mol. The minimum atomic E-state index is -0.952. The summed E-state index contributed by atoms with van der Waals surface area (Å²) in [5.41, 5.74) is 1.14. The Morgan fingerprint density at radius 1 is 1.00 bits per heavy atom. The van der Waals surface area contributed by atoms with Gasteiger partial charge in [-0.1, -0.05) is 30.4 Å². The molecular weight excluding hydrogens is 244 g/mol. The Morgan fingerprint density at radius 3 is 2.37 bits per heavy atom. The monoisotopic (exact) mass is 256 g/mol. The van der Waals surface area contributed by atoms with Gasteiger partial charge in [0.25, 0.3) is 0 Å². The molecule has 0 aliphatic rings. The van der Waals surface area contributed by atoms with Crippen LogP contribution in [0, 0.1) is 0 Å². The fourth-order valence-electron chi connectivity index (χ4n) is 1.80. The summed E-state index contributed by atoms with van der Waals surface area (Å²) < 4.78 is 0. The van der Waals surface area contributed by atoms with Gasteiger partial charge in [0.1, 0.15) is 0 Å². The maximum atomic E-state index is 10.8. The number of hydrogen-bond donors (Lipinski definition) is 2. The smallest absolute Gasteiger partial charge is 0.335 e. The van der Waals surface area contributed by atoms with Crippen LogP contribution in [-0.4, -0.2) is 22.2 Å². The molecule has 2 aromatic rings. The molecule has 0 aromatic heterocycles. The fraction of sp³-hybridized carbons (Fsp3) is 0.0667. The summed E-state index contributed by atoms with van der Waals surface area (Å²) in [6.07, 6.45) is 3.30. The van der Waals surface area contributed by atoms with E-state index in [-0.39, 0.29) is 12.0 Å². The molecule has 2 N–H and O–H groups in total. The van der Waals surface area contributed by atoms with Crippen LogP contribution in [0.2, 0.25) is 0 Å². The first-order valence-electron chi connectivity index (χ1n) is 5.72. The number of fused-ring (bicyclic) bond motifs is 1. The molecule has 0 heterocycles. The average Bonchev–Trinajstić information content (AvgIpc) is 2.37. The molecular formula is C15H12O4. The third kappa shape index (κ3) is 3.19. The molecule has 0 aliphatic heterocycles. The number of carbonyl (C=O) groups is 2. The summed E-state index contributed by atoms with van der Waals surface area (Å²) in [6.45, 7) is 0. The van der Waals surface area contributed by atoms with E-state index in [2.05, 4.69) is 0 Å². The van der Waals surface area contributed by atoms with Gasteiger partial charge in [0.15, 0.2) is 0 Å². The minimum Gasteiger partial charge on any atom is -0.481 e. The number of carboxylic acid groups (broad SMARTS) is 2. The molecule has 0 bridgehead atoms. The van der Waals surface area contributed by atoms with Crippen LogP contribution in [0.25, 0.3) is 16.8 Å². The molecule has 0 aliphatic carbocycles.